The largest absolute Gasteiger partial charge is 0.385 e. The Balaban J connectivity index is 2.16. The number of ether oxygens (including phenoxy) is 1. The Hall–Kier alpha value is -0.120. The second kappa shape index (κ2) is 2.27. The van der Waals surface area contributed by atoms with Gasteiger partial charge in [0.15, 0.2) is 0 Å². The molecular formula is C10H19NO2. The standard InChI is InChI=1S/C10H19NO2/c1-7-4-10(7,11)9(12)5-8(2,3)13-6-9/h7,12H,4-6,11H2,1-3H3. The molecule has 0 bridgehead atoms. The highest BCUT2D eigenvalue weighted by molar-refractivity contribution is 5.21. The van der Waals surface area contributed by atoms with Crippen molar-refractivity contribution in [2.24, 2.45) is 11.7 Å². The molecule has 76 valence electrons. The van der Waals surface area contributed by atoms with Crippen molar-refractivity contribution >= 4 is 0 Å². The average molecular weight is 185 g/mol. The molecule has 0 aromatic heterocycles. The maximum absolute atomic E-state index is 10.3. The molecular weight excluding hydrogens is 166 g/mol. The molecule has 0 spiro atoms. The second-order valence-electron chi connectivity index (χ2n) is 5.40. The maximum atomic E-state index is 10.3. The lowest BCUT2D eigenvalue weighted by atomic mass is 9.84. The van der Waals surface area contributed by atoms with E-state index < -0.39 is 5.60 Å². The highest BCUT2D eigenvalue weighted by atomic mass is 16.5. The summed E-state index contributed by atoms with van der Waals surface area (Å²) in [5, 5.41) is 10.3. The lowest BCUT2D eigenvalue weighted by molar-refractivity contribution is -0.0172. The molecule has 2 fully saturated rings. The van der Waals surface area contributed by atoms with E-state index in [2.05, 4.69) is 6.92 Å². The summed E-state index contributed by atoms with van der Waals surface area (Å²) in [5.74, 6) is 0.426. The van der Waals surface area contributed by atoms with Crippen LogP contribution < -0.4 is 5.73 Å². The molecule has 1 aliphatic heterocycles. The predicted molar refractivity (Wildman–Crippen MR) is 50.3 cm³/mol. The van der Waals surface area contributed by atoms with Gasteiger partial charge in [-0.3, -0.25) is 0 Å². The number of hydrogen-bond donors (Lipinski definition) is 2. The van der Waals surface area contributed by atoms with Crippen molar-refractivity contribution in [1.29, 1.82) is 0 Å². The van der Waals surface area contributed by atoms with Gasteiger partial charge in [0.1, 0.15) is 5.60 Å². The Kier molecular flexibility index (Phi) is 1.65. The molecule has 13 heavy (non-hydrogen) atoms. The molecule has 0 aromatic rings. The van der Waals surface area contributed by atoms with Gasteiger partial charge in [0.05, 0.1) is 12.2 Å². The van der Waals surface area contributed by atoms with E-state index >= 15 is 0 Å². The van der Waals surface area contributed by atoms with Crippen LogP contribution in [-0.2, 0) is 4.74 Å². The summed E-state index contributed by atoms with van der Waals surface area (Å²) < 4.78 is 5.54. The van der Waals surface area contributed by atoms with Crippen LogP contribution in [0.2, 0.25) is 0 Å². The normalized spacial score (nSPS) is 53.8. The summed E-state index contributed by atoms with van der Waals surface area (Å²) in [6, 6.07) is 0. The zero-order valence-electron chi connectivity index (χ0n) is 8.63. The third kappa shape index (κ3) is 1.22. The van der Waals surface area contributed by atoms with E-state index in [0.29, 0.717) is 18.9 Å². The third-order valence-electron chi connectivity index (χ3n) is 3.65. The van der Waals surface area contributed by atoms with Gasteiger partial charge in [-0.2, -0.15) is 0 Å². The molecule has 1 heterocycles. The number of nitrogens with two attached hydrogens (primary N) is 1. The van der Waals surface area contributed by atoms with E-state index in [1.54, 1.807) is 0 Å². The molecule has 3 unspecified atom stereocenters. The lowest BCUT2D eigenvalue weighted by Gasteiger charge is -2.30. The molecule has 0 amide bonds. The van der Waals surface area contributed by atoms with E-state index in [9.17, 15) is 5.11 Å². The quantitative estimate of drug-likeness (QED) is 0.630. The van der Waals surface area contributed by atoms with Crippen LogP contribution in [0.4, 0.5) is 0 Å². The third-order valence-corrected chi connectivity index (χ3v) is 3.65. The van der Waals surface area contributed by atoms with Crippen LogP contribution in [-0.4, -0.2) is 28.5 Å². The van der Waals surface area contributed by atoms with Gasteiger partial charge in [0.25, 0.3) is 0 Å². The Labute approximate surface area is 79.3 Å². The summed E-state index contributed by atoms with van der Waals surface area (Å²) in [6.07, 6.45) is 1.57. The topological polar surface area (TPSA) is 55.5 Å². The molecule has 0 aromatic carbocycles. The minimum atomic E-state index is -0.796. The van der Waals surface area contributed by atoms with E-state index in [1.165, 1.54) is 0 Å². The van der Waals surface area contributed by atoms with Crippen LogP contribution in [0.3, 0.4) is 0 Å². The van der Waals surface area contributed by atoms with Crippen molar-refractivity contribution in [1.82, 2.24) is 0 Å². The Morgan fingerprint density at radius 3 is 2.31 bits per heavy atom. The fourth-order valence-corrected chi connectivity index (χ4v) is 2.52. The minimum absolute atomic E-state index is 0.219. The van der Waals surface area contributed by atoms with Crippen LogP contribution in [0.1, 0.15) is 33.6 Å². The van der Waals surface area contributed by atoms with Crippen LogP contribution >= 0.6 is 0 Å². The van der Waals surface area contributed by atoms with Crippen molar-refractivity contribution in [2.75, 3.05) is 6.61 Å². The zero-order valence-corrected chi connectivity index (χ0v) is 8.63. The Morgan fingerprint density at radius 1 is 1.46 bits per heavy atom. The van der Waals surface area contributed by atoms with Crippen molar-refractivity contribution < 1.29 is 9.84 Å². The van der Waals surface area contributed by atoms with Gasteiger partial charge in [0, 0.05) is 12.0 Å². The van der Waals surface area contributed by atoms with Crippen LogP contribution in [0.5, 0.6) is 0 Å². The van der Waals surface area contributed by atoms with Crippen LogP contribution in [0.25, 0.3) is 0 Å². The summed E-state index contributed by atoms with van der Waals surface area (Å²) in [5.41, 5.74) is 4.72. The average Bonchev–Trinajstić information content (AvgIpc) is 2.45. The molecule has 2 rings (SSSR count). The van der Waals surface area contributed by atoms with Crippen molar-refractivity contribution in [3.63, 3.8) is 0 Å². The molecule has 2 aliphatic rings. The second-order valence-corrected chi connectivity index (χ2v) is 5.40. The number of hydrogen-bond acceptors (Lipinski definition) is 3. The summed E-state index contributed by atoms with van der Waals surface area (Å²) in [6.45, 7) is 6.48. The summed E-state index contributed by atoms with van der Waals surface area (Å²) >= 11 is 0. The van der Waals surface area contributed by atoms with Gasteiger partial charge in [-0.25, -0.2) is 0 Å². The van der Waals surface area contributed by atoms with E-state index in [0.717, 1.165) is 6.42 Å². The molecule has 1 aliphatic carbocycles. The van der Waals surface area contributed by atoms with Gasteiger partial charge in [-0.05, 0) is 26.2 Å². The van der Waals surface area contributed by atoms with Crippen molar-refractivity contribution in [3.05, 3.63) is 0 Å². The first-order valence-corrected chi connectivity index (χ1v) is 4.94. The number of aliphatic hydroxyl groups is 1. The highest BCUT2D eigenvalue weighted by Gasteiger charge is 2.65. The first kappa shape index (κ1) is 9.44. The van der Waals surface area contributed by atoms with Gasteiger partial charge in [-0.1, -0.05) is 6.92 Å². The monoisotopic (exact) mass is 185 g/mol. The van der Waals surface area contributed by atoms with Gasteiger partial charge < -0.3 is 15.6 Å². The zero-order chi connectivity index (χ0) is 9.91. The van der Waals surface area contributed by atoms with Crippen LogP contribution in [0, 0.1) is 5.92 Å². The molecule has 3 heteroatoms. The summed E-state index contributed by atoms with van der Waals surface area (Å²) in [4.78, 5) is 0. The molecule has 3 N–H and O–H groups in total. The molecule has 3 nitrogen and oxygen atoms in total. The molecule has 1 saturated heterocycles. The number of rotatable bonds is 1. The lowest BCUT2D eigenvalue weighted by Crippen LogP contribution is -2.53. The van der Waals surface area contributed by atoms with E-state index in [-0.39, 0.29) is 11.1 Å². The summed E-state index contributed by atoms with van der Waals surface area (Å²) in [7, 11) is 0. The molecule has 0 radical (unpaired) electrons. The fourth-order valence-electron chi connectivity index (χ4n) is 2.52. The fraction of sp³-hybridized carbons (Fsp3) is 1.00. The minimum Gasteiger partial charge on any atom is -0.385 e. The predicted octanol–water partition coefficient (Wildman–Crippen LogP) is 0.654. The molecule has 3 atom stereocenters. The molecule has 1 saturated carbocycles. The van der Waals surface area contributed by atoms with Crippen LogP contribution in [0.15, 0.2) is 0 Å². The van der Waals surface area contributed by atoms with Gasteiger partial charge in [0.2, 0.25) is 0 Å². The van der Waals surface area contributed by atoms with Crippen molar-refractivity contribution in [2.45, 2.75) is 50.4 Å². The SMILES string of the molecule is CC1CC1(N)C1(O)COC(C)(C)C1. The highest BCUT2D eigenvalue weighted by Crippen LogP contribution is 2.53. The van der Waals surface area contributed by atoms with E-state index in [1.807, 2.05) is 13.8 Å². The maximum Gasteiger partial charge on any atom is 0.109 e. The smallest absolute Gasteiger partial charge is 0.109 e. The van der Waals surface area contributed by atoms with Gasteiger partial charge >= 0.3 is 0 Å². The van der Waals surface area contributed by atoms with Crippen molar-refractivity contribution in [3.8, 4) is 0 Å². The van der Waals surface area contributed by atoms with E-state index in [4.69, 9.17) is 10.5 Å². The first-order chi connectivity index (χ1) is 5.79. The Morgan fingerprint density at radius 2 is 2.00 bits per heavy atom. The first-order valence-electron chi connectivity index (χ1n) is 4.94. The Bertz CT molecular complexity index is 241. The van der Waals surface area contributed by atoms with Gasteiger partial charge in [-0.15, -0.1) is 0 Å².